The fourth-order valence-electron chi connectivity index (χ4n) is 1.92. The van der Waals surface area contributed by atoms with Crippen LogP contribution in [0.3, 0.4) is 0 Å². The van der Waals surface area contributed by atoms with Crippen molar-refractivity contribution in [2.45, 2.75) is 0 Å². The van der Waals surface area contributed by atoms with Crippen LogP contribution in [-0.4, -0.2) is 11.6 Å². The van der Waals surface area contributed by atoms with Crippen molar-refractivity contribution in [3.8, 4) is 0 Å². The first-order chi connectivity index (χ1) is 7.79. The molecule has 0 aliphatic heterocycles. The van der Waals surface area contributed by atoms with Gasteiger partial charge in [0.05, 0.1) is 5.78 Å². The molecule has 98 valence electrons. The zero-order valence-electron chi connectivity index (χ0n) is 11.4. The third kappa shape index (κ3) is 3.60. The van der Waals surface area contributed by atoms with Crippen LogP contribution in [-0.2, 0) is 65.4 Å². The molecule has 4 heteroatoms. The number of benzene rings is 2. The van der Waals surface area contributed by atoms with Crippen molar-refractivity contribution in [3.63, 3.8) is 0 Å². The van der Waals surface area contributed by atoms with E-state index in [1.807, 2.05) is 0 Å². The van der Waals surface area contributed by atoms with Gasteiger partial charge in [-0.25, -0.2) is 0 Å². The molecule has 0 saturated heterocycles. The average molecular weight is 414 g/mol. The minimum absolute atomic E-state index is 0. The zero-order valence-corrected chi connectivity index (χ0v) is 17.1. The van der Waals surface area contributed by atoms with Gasteiger partial charge >= 0.3 is 0 Å². The molecule has 3 rings (SSSR count). The molecule has 2 radical (unpaired) electrons. The second kappa shape index (κ2) is 9.10. The van der Waals surface area contributed by atoms with E-state index in [1.54, 1.807) is 36.4 Å². The molecule has 2 nitrogen and oxygen atoms in total. The van der Waals surface area contributed by atoms with Crippen LogP contribution in [0.15, 0.2) is 36.4 Å². The molecular weight excluding hydrogens is 402 g/mol. The molecule has 0 unspecified atom stereocenters. The molecule has 0 amide bonds. The van der Waals surface area contributed by atoms with Crippen molar-refractivity contribution in [3.05, 3.63) is 85.6 Å². The summed E-state index contributed by atoms with van der Waals surface area (Å²) in [5.41, 5.74) is 1.78. The van der Waals surface area contributed by atoms with Crippen LogP contribution in [0, 0.1) is 27.0 Å². The van der Waals surface area contributed by atoms with E-state index in [9.17, 15) is 9.59 Å². The first-order valence-electron chi connectivity index (χ1n) is 4.88. The molecule has 1 aliphatic rings. The van der Waals surface area contributed by atoms with Crippen LogP contribution in [0.1, 0.15) is 31.8 Å². The third-order valence-corrected chi connectivity index (χ3v) is 2.71. The zero-order chi connectivity index (χ0) is 11.1. The summed E-state index contributed by atoms with van der Waals surface area (Å²) in [5.74, 6) is -0.231. The van der Waals surface area contributed by atoms with E-state index < -0.39 is 0 Å². The Hall–Kier alpha value is -0.0122. The predicted molar refractivity (Wildman–Crippen MR) is 70.2 cm³/mol. The summed E-state index contributed by atoms with van der Waals surface area (Å²) in [4.78, 5) is 24.1. The second-order valence-corrected chi connectivity index (χ2v) is 3.60. The Balaban J connectivity index is 0. The Morgan fingerprint density at radius 1 is 0.650 bits per heavy atom. The van der Waals surface area contributed by atoms with Gasteiger partial charge < -0.3 is 19.6 Å². The largest absolute Gasteiger partial charge is 0.358 e. The van der Waals surface area contributed by atoms with Crippen LogP contribution in [0.25, 0.3) is 0 Å². The Bertz CT molecular complexity index is 516. The van der Waals surface area contributed by atoms with Gasteiger partial charge in [0.2, 0.25) is 0 Å². The van der Waals surface area contributed by atoms with Crippen LogP contribution >= 0.6 is 0 Å². The standard InChI is InChI=1S/C14H6O2.2CH3.2Y/c15-13-9-5-1-2-6-10(9)14(16)12-8-4-3-7-11(12)13;;;;/h1,3,5-8H;2*1H3;;/q-2;2*-1;;. The molecule has 0 saturated carbocycles. The summed E-state index contributed by atoms with van der Waals surface area (Å²) in [5, 5.41) is 0. The summed E-state index contributed by atoms with van der Waals surface area (Å²) in [7, 11) is 0. The quantitative estimate of drug-likeness (QED) is 0.531. The van der Waals surface area contributed by atoms with Gasteiger partial charge in [0, 0.05) is 65.4 Å². The third-order valence-electron chi connectivity index (χ3n) is 2.71. The number of hydrogen-bond acceptors (Lipinski definition) is 2. The molecule has 0 heterocycles. The van der Waals surface area contributed by atoms with E-state index in [4.69, 9.17) is 0 Å². The molecule has 0 N–H and O–H groups in total. The van der Waals surface area contributed by atoms with E-state index in [2.05, 4.69) is 12.1 Å². The minimum atomic E-state index is -0.127. The number of ketones is 2. The Kier molecular flexibility index (Phi) is 10.1. The topological polar surface area (TPSA) is 34.1 Å². The Labute approximate surface area is 170 Å². The van der Waals surface area contributed by atoms with Crippen molar-refractivity contribution in [2.24, 2.45) is 0 Å². The molecule has 0 atom stereocenters. The number of carbonyl (C=O) groups is 2. The first kappa shape index (κ1) is 22.3. The second-order valence-electron chi connectivity index (χ2n) is 3.60. The fraction of sp³-hybridized carbons (Fsp3) is 0. The minimum Gasteiger partial charge on any atom is -0.358 e. The van der Waals surface area contributed by atoms with Crippen LogP contribution in [0.4, 0.5) is 0 Å². The maximum absolute atomic E-state index is 12.1. The SMILES string of the molecule is O=C1c2c[c-]ccc2C(=O)c2cc[c-]cc21.[CH3-].[CH3-].[Y].[Y]. The van der Waals surface area contributed by atoms with Crippen molar-refractivity contribution in [1.82, 2.24) is 0 Å². The van der Waals surface area contributed by atoms with Crippen molar-refractivity contribution < 1.29 is 75.0 Å². The fourth-order valence-corrected chi connectivity index (χ4v) is 1.92. The number of carbonyl (C=O) groups excluding carboxylic acids is 2. The van der Waals surface area contributed by atoms with Gasteiger partial charge in [-0.3, -0.25) is 4.79 Å². The van der Waals surface area contributed by atoms with E-state index in [1.165, 1.54) is 0 Å². The molecule has 0 fully saturated rings. The molecule has 20 heavy (non-hydrogen) atoms. The van der Waals surface area contributed by atoms with E-state index in [-0.39, 0.29) is 91.8 Å². The maximum atomic E-state index is 12.1. The van der Waals surface area contributed by atoms with E-state index in [0.717, 1.165) is 0 Å². The van der Waals surface area contributed by atoms with Crippen molar-refractivity contribution in [2.75, 3.05) is 0 Å². The first-order valence-corrected chi connectivity index (χ1v) is 4.88. The van der Waals surface area contributed by atoms with Gasteiger partial charge in [-0.1, -0.05) is 22.3 Å². The summed E-state index contributed by atoms with van der Waals surface area (Å²) >= 11 is 0. The van der Waals surface area contributed by atoms with Crippen molar-refractivity contribution >= 4 is 11.6 Å². The number of fused-ring (bicyclic) bond motifs is 2. The molecule has 2 aromatic rings. The molecule has 1 aliphatic carbocycles. The Morgan fingerprint density at radius 2 is 1.00 bits per heavy atom. The van der Waals surface area contributed by atoms with Gasteiger partial charge in [-0.15, -0.1) is 0 Å². The van der Waals surface area contributed by atoms with E-state index in [0.29, 0.717) is 22.3 Å². The summed E-state index contributed by atoms with van der Waals surface area (Å²) in [6.45, 7) is 0. The summed E-state index contributed by atoms with van der Waals surface area (Å²) in [6.07, 6.45) is 0. The van der Waals surface area contributed by atoms with Crippen molar-refractivity contribution in [1.29, 1.82) is 0 Å². The molecule has 0 spiro atoms. The normalized spacial score (nSPS) is 10.6. The smallest absolute Gasteiger partial charge is 0.146 e. The summed E-state index contributed by atoms with van der Waals surface area (Å²) in [6, 6.07) is 15.3. The molecule has 0 aromatic heterocycles. The molecule has 0 bridgehead atoms. The average Bonchev–Trinajstić information content (AvgIpc) is 2.36. The monoisotopic (exact) mass is 414 g/mol. The van der Waals surface area contributed by atoms with Gasteiger partial charge in [0.25, 0.3) is 0 Å². The van der Waals surface area contributed by atoms with Gasteiger partial charge in [-0.05, 0) is 0 Å². The predicted octanol–water partition coefficient (Wildman–Crippen LogP) is 2.96. The Morgan fingerprint density at radius 3 is 1.40 bits per heavy atom. The van der Waals surface area contributed by atoms with Gasteiger partial charge in [0.1, 0.15) is 5.78 Å². The summed E-state index contributed by atoms with van der Waals surface area (Å²) < 4.78 is 0. The van der Waals surface area contributed by atoms with Crippen LogP contribution in [0.5, 0.6) is 0 Å². The number of rotatable bonds is 0. The van der Waals surface area contributed by atoms with Crippen LogP contribution in [0.2, 0.25) is 0 Å². The maximum Gasteiger partial charge on any atom is 0.146 e. The van der Waals surface area contributed by atoms with Gasteiger partial charge in [0.15, 0.2) is 0 Å². The molecular formula is C16H12O2Y2-4. The van der Waals surface area contributed by atoms with Crippen LogP contribution < -0.4 is 0 Å². The molecule has 2 aromatic carbocycles. The number of hydrogen-bond donors (Lipinski definition) is 0. The van der Waals surface area contributed by atoms with E-state index >= 15 is 0 Å². The van der Waals surface area contributed by atoms with Gasteiger partial charge in [-0.2, -0.15) is 48.5 Å².